The van der Waals surface area contributed by atoms with Crippen LogP contribution in [-0.4, -0.2) is 18.1 Å². The van der Waals surface area contributed by atoms with E-state index in [-0.39, 0.29) is 17.7 Å². The maximum absolute atomic E-state index is 11.0. The molecule has 0 amide bonds. The summed E-state index contributed by atoms with van der Waals surface area (Å²) in [5, 5.41) is 0. The zero-order valence-corrected chi connectivity index (χ0v) is 7.16. The number of aromatic nitrogens is 1. The van der Waals surface area contributed by atoms with E-state index >= 15 is 0 Å². The third-order valence-electron chi connectivity index (χ3n) is 1.52. The van der Waals surface area contributed by atoms with E-state index in [9.17, 15) is 9.59 Å². The molecule has 5 nitrogen and oxygen atoms in total. The number of hydrogen-bond donors (Lipinski definition) is 2. The molecule has 0 aliphatic rings. The van der Waals surface area contributed by atoms with Crippen LogP contribution in [0.1, 0.15) is 16.2 Å². The molecule has 0 atom stereocenters. The van der Waals surface area contributed by atoms with Gasteiger partial charge in [0.05, 0.1) is 7.11 Å². The van der Waals surface area contributed by atoms with Crippen LogP contribution in [-0.2, 0) is 11.3 Å². The standard InChI is InChI=1S/C8H10N2O3/c1-13-8(12)7-3-6(11)2-5(4-9)10-7/h2-3H,4,9H2,1H3,(H,10,11). The van der Waals surface area contributed by atoms with E-state index in [1.807, 2.05) is 0 Å². The van der Waals surface area contributed by atoms with Crippen LogP contribution in [0, 0.1) is 0 Å². The van der Waals surface area contributed by atoms with Crippen molar-refractivity contribution in [2.75, 3.05) is 7.11 Å². The summed E-state index contributed by atoms with van der Waals surface area (Å²) in [6, 6.07) is 2.51. The zero-order chi connectivity index (χ0) is 9.84. The highest BCUT2D eigenvalue weighted by Crippen LogP contribution is 1.95. The molecule has 5 heteroatoms. The summed E-state index contributed by atoms with van der Waals surface area (Å²) in [5.74, 6) is -0.576. The number of methoxy groups -OCH3 is 1. The fourth-order valence-electron chi connectivity index (χ4n) is 0.931. The lowest BCUT2D eigenvalue weighted by Gasteiger charge is -2.01. The van der Waals surface area contributed by atoms with Crippen molar-refractivity contribution >= 4 is 5.97 Å². The molecule has 0 saturated heterocycles. The number of carbonyl (C=O) groups is 1. The molecule has 0 aromatic carbocycles. The van der Waals surface area contributed by atoms with Gasteiger partial charge in [0.15, 0.2) is 5.43 Å². The first-order valence-corrected chi connectivity index (χ1v) is 3.69. The summed E-state index contributed by atoms with van der Waals surface area (Å²) in [6.07, 6.45) is 0. The van der Waals surface area contributed by atoms with E-state index in [1.54, 1.807) is 0 Å². The molecule has 0 radical (unpaired) electrons. The Kier molecular flexibility index (Phi) is 2.81. The molecule has 0 bridgehead atoms. The number of aromatic amines is 1. The second-order valence-electron chi connectivity index (χ2n) is 2.45. The van der Waals surface area contributed by atoms with Crippen molar-refractivity contribution < 1.29 is 9.53 Å². The molecule has 13 heavy (non-hydrogen) atoms. The average molecular weight is 182 g/mol. The number of H-pyrrole nitrogens is 1. The molecule has 0 spiro atoms. The minimum absolute atomic E-state index is 0.121. The summed E-state index contributed by atoms with van der Waals surface area (Å²) >= 11 is 0. The van der Waals surface area contributed by atoms with Gasteiger partial charge in [0.1, 0.15) is 5.69 Å². The third-order valence-corrected chi connectivity index (χ3v) is 1.52. The average Bonchev–Trinajstić information content (AvgIpc) is 2.15. The fraction of sp³-hybridized carbons (Fsp3) is 0.250. The Balaban J connectivity index is 3.16. The maximum Gasteiger partial charge on any atom is 0.354 e. The summed E-state index contributed by atoms with van der Waals surface area (Å²) in [5.41, 5.74) is 5.67. The van der Waals surface area contributed by atoms with Gasteiger partial charge < -0.3 is 15.5 Å². The molecule has 1 heterocycles. The molecular formula is C8H10N2O3. The lowest BCUT2D eigenvalue weighted by molar-refractivity contribution is 0.0593. The van der Waals surface area contributed by atoms with Gasteiger partial charge in [-0.3, -0.25) is 4.79 Å². The van der Waals surface area contributed by atoms with Gasteiger partial charge in [-0.25, -0.2) is 4.79 Å². The van der Waals surface area contributed by atoms with Gasteiger partial charge in [-0.2, -0.15) is 0 Å². The number of ether oxygens (including phenoxy) is 1. The first-order valence-electron chi connectivity index (χ1n) is 3.69. The Morgan fingerprint density at radius 2 is 2.31 bits per heavy atom. The van der Waals surface area contributed by atoms with E-state index in [2.05, 4.69) is 9.72 Å². The predicted octanol–water partition coefficient (Wildman–Crippen LogP) is -0.380. The fourth-order valence-corrected chi connectivity index (χ4v) is 0.931. The second-order valence-corrected chi connectivity index (χ2v) is 2.45. The van der Waals surface area contributed by atoms with Crippen molar-refractivity contribution in [1.82, 2.24) is 4.98 Å². The van der Waals surface area contributed by atoms with E-state index < -0.39 is 5.97 Å². The van der Waals surface area contributed by atoms with Crippen LogP contribution in [0.15, 0.2) is 16.9 Å². The normalized spacial score (nSPS) is 9.69. The molecule has 0 fully saturated rings. The van der Waals surface area contributed by atoms with Crippen LogP contribution < -0.4 is 11.2 Å². The van der Waals surface area contributed by atoms with E-state index in [4.69, 9.17) is 5.73 Å². The van der Waals surface area contributed by atoms with Crippen LogP contribution in [0.4, 0.5) is 0 Å². The van der Waals surface area contributed by atoms with Crippen molar-refractivity contribution in [2.24, 2.45) is 5.73 Å². The predicted molar refractivity (Wildman–Crippen MR) is 46.3 cm³/mol. The van der Waals surface area contributed by atoms with Crippen molar-refractivity contribution in [2.45, 2.75) is 6.54 Å². The first kappa shape index (κ1) is 9.47. The minimum atomic E-state index is -0.576. The topological polar surface area (TPSA) is 85.2 Å². The van der Waals surface area contributed by atoms with E-state index in [1.165, 1.54) is 19.2 Å². The van der Waals surface area contributed by atoms with Crippen LogP contribution in [0.3, 0.4) is 0 Å². The smallest absolute Gasteiger partial charge is 0.354 e. The molecule has 1 aromatic rings. The number of rotatable bonds is 2. The van der Waals surface area contributed by atoms with Crippen LogP contribution in [0.25, 0.3) is 0 Å². The lowest BCUT2D eigenvalue weighted by Crippen LogP contribution is -2.14. The van der Waals surface area contributed by atoms with Gasteiger partial charge >= 0.3 is 5.97 Å². The Bertz CT molecular complexity index is 370. The zero-order valence-electron chi connectivity index (χ0n) is 7.16. The molecule has 1 aromatic heterocycles. The molecule has 0 aliphatic carbocycles. The van der Waals surface area contributed by atoms with E-state index in [0.29, 0.717) is 5.69 Å². The van der Waals surface area contributed by atoms with Crippen LogP contribution >= 0.6 is 0 Å². The largest absolute Gasteiger partial charge is 0.464 e. The Morgan fingerprint density at radius 3 is 2.85 bits per heavy atom. The van der Waals surface area contributed by atoms with Crippen LogP contribution in [0.5, 0.6) is 0 Å². The highest BCUT2D eigenvalue weighted by Gasteiger charge is 2.06. The number of carbonyl (C=O) groups excluding carboxylic acids is 1. The Labute approximate surface area is 74.5 Å². The van der Waals surface area contributed by atoms with Gasteiger partial charge in [-0.05, 0) is 0 Å². The number of esters is 1. The number of hydrogen-bond acceptors (Lipinski definition) is 4. The molecule has 70 valence electrons. The van der Waals surface area contributed by atoms with Gasteiger partial charge in [0.2, 0.25) is 0 Å². The molecule has 0 unspecified atom stereocenters. The summed E-state index contributed by atoms with van der Waals surface area (Å²) in [6.45, 7) is 0.181. The second kappa shape index (κ2) is 3.86. The van der Waals surface area contributed by atoms with Crippen molar-refractivity contribution in [1.29, 1.82) is 0 Å². The number of pyridine rings is 1. The van der Waals surface area contributed by atoms with Crippen molar-refractivity contribution in [3.05, 3.63) is 33.7 Å². The maximum atomic E-state index is 11.0. The van der Waals surface area contributed by atoms with Crippen molar-refractivity contribution in [3.8, 4) is 0 Å². The first-order chi connectivity index (χ1) is 6.17. The quantitative estimate of drug-likeness (QED) is 0.610. The number of nitrogens with two attached hydrogens (primary N) is 1. The molecule has 0 aliphatic heterocycles. The molecule has 3 N–H and O–H groups in total. The summed E-state index contributed by atoms with van der Waals surface area (Å²) < 4.78 is 4.44. The third kappa shape index (κ3) is 2.16. The Hall–Kier alpha value is -1.62. The van der Waals surface area contributed by atoms with Gasteiger partial charge in [-0.15, -0.1) is 0 Å². The highest BCUT2D eigenvalue weighted by atomic mass is 16.5. The van der Waals surface area contributed by atoms with E-state index in [0.717, 1.165) is 0 Å². The summed E-state index contributed by atoms with van der Waals surface area (Å²) in [7, 11) is 1.25. The number of nitrogens with one attached hydrogen (secondary N) is 1. The Morgan fingerprint density at radius 1 is 1.62 bits per heavy atom. The SMILES string of the molecule is COC(=O)c1cc(=O)cc(CN)[nH]1. The molecular weight excluding hydrogens is 172 g/mol. The van der Waals surface area contributed by atoms with Crippen LogP contribution in [0.2, 0.25) is 0 Å². The molecule has 1 rings (SSSR count). The highest BCUT2D eigenvalue weighted by molar-refractivity contribution is 5.87. The molecule has 0 saturated carbocycles. The van der Waals surface area contributed by atoms with Gasteiger partial charge in [0.25, 0.3) is 0 Å². The van der Waals surface area contributed by atoms with Gasteiger partial charge in [0, 0.05) is 24.4 Å². The van der Waals surface area contributed by atoms with Crippen molar-refractivity contribution in [3.63, 3.8) is 0 Å². The monoisotopic (exact) mass is 182 g/mol. The lowest BCUT2D eigenvalue weighted by atomic mass is 10.3. The van der Waals surface area contributed by atoms with Gasteiger partial charge in [-0.1, -0.05) is 0 Å². The summed E-state index contributed by atoms with van der Waals surface area (Å²) in [4.78, 5) is 24.7. The minimum Gasteiger partial charge on any atom is -0.464 e.